The lowest BCUT2D eigenvalue weighted by atomic mass is 10.3. The molecular formula is C12H10ClN3S2. The summed E-state index contributed by atoms with van der Waals surface area (Å²) in [5, 5.41) is 8.02. The van der Waals surface area contributed by atoms with Gasteiger partial charge in [0.25, 0.3) is 0 Å². The largest absolute Gasteiger partial charge is 0.353 e. The Hall–Kier alpha value is -1.17. The van der Waals surface area contributed by atoms with Crippen LogP contribution < -0.4 is 5.32 Å². The average Bonchev–Trinajstić information content (AvgIpc) is 2.95. The van der Waals surface area contributed by atoms with E-state index in [1.54, 1.807) is 22.7 Å². The van der Waals surface area contributed by atoms with Gasteiger partial charge in [-0.1, -0.05) is 22.9 Å². The Morgan fingerprint density at radius 3 is 3.06 bits per heavy atom. The van der Waals surface area contributed by atoms with Crippen LogP contribution >= 0.6 is 34.3 Å². The van der Waals surface area contributed by atoms with Gasteiger partial charge in [-0.05, 0) is 25.1 Å². The molecule has 1 aromatic carbocycles. The summed E-state index contributed by atoms with van der Waals surface area (Å²) in [5.74, 6) is 0. The van der Waals surface area contributed by atoms with Crippen molar-refractivity contribution in [2.24, 2.45) is 0 Å². The van der Waals surface area contributed by atoms with E-state index in [4.69, 9.17) is 11.6 Å². The van der Waals surface area contributed by atoms with Gasteiger partial charge in [-0.25, -0.2) is 9.97 Å². The number of aromatic nitrogens is 2. The Bertz CT molecular complexity index is 663. The zero-order chi connectivity index (χ0) is 12.5. The lowest BCUT2D eigenvalue weighted by molar-refractivity contribution is 0.868. The van der Waals surface area contributed by atoms with Gasteiger partial charge in [-0.3, -0.25) is 0 Å². The number of fused-ring (bicyclic) bond motifs is 1. The third-order valence-corrected chi connectivity index (χ3v) is 4.67. The molecule has 0 saturated carbocycles. The number of thiazole rings is 2. The lowest BCUT2D eigenvalue weighted by Crippen LogP contribution is -2.05. The van der Waals surface area contributed by atoms with Gasteiger partial charge in [-0.15, -0.1) is 11.3 Å². The molecule has 0 aliphatic carbocycles. The first-order valence-electron chi connectivity index (χ1n) is 5.44. The average molecular weight is 296 g/mol. The van der Waals surface area contributed by atoms with E-state index in [0.29, 0.717) is 5.02 Å². The van der Waals surface area contributed by atoms with Crippen molar-refractivity contribution >= 4 is 49.6 Å². The molecule has 0 aliphatic heterocycles. The zero-order valence-electron chi connectivity index (χ0n) is 9.55. The second-order valence-electron chi connectivity index (χ2n) is 3.87. The van der Waals surface area contributed by atoms with Gasteiger partial charge in [0.05, 0.1) is 16.3 Å². The fraction of sp³-hybridized carbons (Fsp3) is 0.167. The van der Waals surface area contributed by atoms with E-state index < -0.39 is 0 Å². The maximum absolute atomic E-state index is 5.95. The van der Waals surface area contributed by atoms with E-state index in [-0.39, 0.29) is 6.04 Å². The third kappa shape index (κ3) is 2.34. The minimum Gasteiger partial charge on any atom is -0.353 e. The summed E-state index contributed by atoms with van der Waals surface area (Å²) in [7, 11) is 0. The van der Waals surface area contributed by atoms with Gasteiger partial charge in [-0.2, -0.15) is 0 Å². The van der Waals surface area contributed by atoms with Gasteiger partial charge in [0, 0.05) is 16.6 Å². The minimum absolute atomic E-state index is 0.168. The summed E-state index contributed by atoms with van der Waals surface area (Å²) in [6.07, 6.45) is 1.82. The molecule has 2 heterocycles. The van der Waals surface area contributed by atoms with E-state index in [1.807, 2.05) is 29.8 Å². The predicted molar refractivity (Wildman–Crippen MR) is 78.8 cm³/mol. The number of anilines is 1. The van der Waals surface area contributed by atoms with E-state index in [1.165, 1.54) is 0 Å². The first-order chi connectivity index (χ1) is 8.72. The quantitative estimate of drug-likeness (QED) is 0.768. The fourth-order valence-electron chi connectivity index (χ4n) is 1.66. The van der Waals surface area contributed by atoms with Crippen LogP contribution in [0.1, 0.15) is 18.0 Å². The molecule has 0 spiro atoms. The second kappa shape index (κ2) is 4.84. The van der Waals surface area contributed by atoms with E-state index in [0.717, 1.165) is 20.4 Å². The molecule has 18 heavy (non-hydrogen) atoms. The van der Waals surface area contributed by atoms with Gasteiger partial charge >= 0.3 is 0 Å². The standard InChI is InChI=1S/C12H10ClN3S2/c1-7(11-14-4-5-17-11)15-12-16-9-6-8(13)2-3-10(9)18-12/h2-7H,1H3,(H,15,16). The highest BCUT2D eigenvalue weighted by Gasteiger charge is 2.11. The molecule has 3 rings (SSSR count). The van der Waals surface area contributed by atoms with Crippen LogP contribution in [0.15, 0.2) is 29.8 Å². The van der Waals surface area contributed by atoms with E-state index >= 15 is 0 Å². The fourth-order valence-corrected chi connectivity index (χ4v) is 3.40. The maximum Gasteiger partial charge on any atom is 0.184 e. The molecule has 2 aromatic heterocycles. The van der Waals surface area contributed by atoms with Crippen LogP contribution in [0.2, 0.25) is 5.02 Å². The van der Waals surface area contributed by atoms with Gasteiger partial charge in [0.1, 0.15) is 5.01 Å². The molecular weight excluding hydrogens is 286 g/mol. The van der Waals surface area contributed by atoms with E-state index in [2.05, 4.69) is 22.2 Å². The molecule has 0 bridgehead atoms. The molecule has 3 nitrogen and oxygen atoms in total. The van der Waals surface area contributed by atoms with Crippen molar-refractivity contribution in [3.05, 3.63) is 39.8 Å². The number of rotatable bonds is 3. The van der Waals surface area contributed by atoms with Crippen molar-refractivity contribution in [2.45, 2.75) is 13.0 Å². The van der Waals surface area contributed by atoms with Crippen LogP contribution in [0.4, 0.5) is 5.13 Å². The Labute approximate surface area is 117 Å². The van der Waals surface area contributed by atoms with Crippen molar-refractivity contribution in [3.8, 4) is 0 Å². The molecule has 0 saturated heterocycles. The molecule has 0 amide bonds. The Morgan fingerprint density at radius 1 is 1.39 bits per heavy atom. The number of halogens is 1. The second-order valence-corrected chi connectivity index (χ2v) is 6.26. The van der Waals surface area contributed by atoms with Crippen LogP contribution in [-0.4, -0.2) is 9.97 Å². The topological polar surface area (TPSA) is 37.8 Å². The highest BCUT2D eigenvalue weighted by atomic mass is 35.5. The molecule has 0 radical (unpaired) electrons. The van der Waals surface area contributed by atoms with Crippen LogP contribution in [0.5, 0.6) is 0 Å². The minimum atomic E-state index is 0.168. The maximum atomic E-state index is 5.95. The number of hydrogen-bond acceptors (Lipinski definition) is 5. The van der Waals surface area contributed by atoms with Crippen LogP contribution in [-0.2, 0) is 0 Å². The molecule has 92 valence electrons. The van der Waals surface area contributed by atoms with Crippen molar-refractivity contribution in [3.63, 3.8) is 0 Å². The SMILES string of the molecule is CC(Nc1nc2cc(Cl)ccc2s1)c1nccs1. The van der Waals surface area contributed by atoms with Gasteiger partial charge in [0.15, 0.2) is 5.13 Å². The molecule has 1 unspecified atom stereocenters. The van der Waals surface area contributed by atoms with Crippen LogP contribution in [0, 0.1) is 0 Å². The molecule has 6 heteroatoms. The van der Waals surface area contributed by atoms with Crippen molar-refractivity contribution in [2.75, 3.05) is 5.32 Å². The summed E-state index contributed by atoms with van der Waals surface area (Å²) in [5.41, 5.74) is 0.932. The first-order valence-corrected chi connectivity index (χ1v) is 7.52. The van der Waals surface area contributed by atoms with Crippen molar-refractivity contribution in [1.29, 1.82) is 0 Å². The summed E-state index contributed by atoms with van der Waals surface area (Å²) in [4.78, 5) is 8.82. The smallest absolute Gasteiger partial charge is 0.184 e. The Balaban J connectivity index is 1.86. The number of nitrogens with zero attached hydrogens (tertiary/aromatic N) is 2. The van der Waals surface area contributed by atoms with E-state index in [9.17, 15) is 0 Å². The lowest BCUT2D eigenvalue weighted by Gasteiger charge is -2.08. The summed E-state index contributed by atoms with van der Waals surface area (Å²) >= 11 is 9.22. The Kier molecular flexibility index (Phi) is 3.20. The van der Waals surface area contributed by atoms with Crippen molar-refractivity contribution in [1.82, 2.24) is 9.97 Å². The normalized spacial score (nSPS) is 12.8. The van der Waals surface area contributed by atoms with Crippen molar-refractivity contribution < 1.29 is 0 Å². The van der Waals surface area contributed by atoms with Crippen LogP contribution in [0.25, 0.3) is 10.2 Å². The van der Waals surface area contributed by atoms with Gasteiger partial charge in [0.2, 0.25) is 0 Å². The third-order valence-electron chi connectivity index (χ3n) is 2.51. The number of hydrogen-bond donors (Lipinski definition) is 1. The predicted octanol–water partition coefficient (Wildman–Crippen LogP) is 4.58. The molecule has 3 aromatic rings. The molecule has 0 fully saturated rings. The molecule has 1 atom stereocenters. The highest BCUT2D eigenvalue weighted by Crippen LogP contribution is 2.30. The number of benzene rings is 1. The Morgan fingerprint density at radius 2 is 2.28 bits per heavy atom. The summed E-state index contributed by atoms with van der Waals surface area (Å²) < 4.78 is 1.13. The monoisotopic (exact) mass is 295 g/mol. The summed E-state index contributed by atoms with van der Waals surface area (Å²) in [6.45, 7) is 2.08. The first kappa shape index (κ1) is 11.9. The molecule has 1 N–H and O–H groups in total. The zero-order valence-corrected chi connectivity index (χ0v) is 11.9. The molecule has 0 aliphatic rings. The highest BCUT2D eigenvalue weighted by molar-refractivity contribution is 7.22. The number of nitrogens with one attached hydrogen (secondary N) is 1. The van der Waals surface area contributed by atoms with Gasteiger partial charge < -0.3 is 5.32 Å². The van der Waals surface area contributed by atoms with Crippen LogP contribution in [0.3, 0.4) is 0 Å². The summed E-state index contributed by atoms with van der Waals surface area (Å²) in [6, 6.07) is 5.93.